The van der Waals surface area contributed by atoms with E-state index in [0.717, 1.165) is 65.8 Å². The van der Waals surface area contributed by atoms with Gasteiger partial charge in [-0.15, -0.1) is 0 Å². The van der Waals surface area contributed by atoms with Gasteiger partial charge in [-0.1, -0.05) is 48.5 Å². The molecule has 10 nitrogen and oxygen atoms in total. The van der Waals surface area contributed by atoms with Gasteiger partial charge in [0.2, 0.25) is 0 Å². The quantitative estimate of drug-likeness (QED) is 0.126. The molecular weight excluding hydrogens is 686 g/mol. The zero-order valence-corrected chi connectivity index (χ0v) is 29.8. The molecule has 2 heterocycles. The number of benzene rings is 4. The van der Waals surface area contributed by atoms with E-state index in [-0.39, 0.29) is 38.7 Å². The molecule has 12 heteroatoms. The van der Waals surface area contributed by atoms with Crippen LogP contribution in [0.4, 0.5) is 19.3 Å². The standard InChI is InChI=1S/C41H46F2N2O8/c1-48-19-5-17-44-18-22-51-37-16-9-30(23-35(37)44)28-52-39-26-45(41(47)53-27-29-7-3-2-4-8-29)25-36(46)40(39)31-10-13-33(14-11-31)49-20-6-21-50-38-24-32(42)12-15-34(38)43/h2-4,7-16,23-24,36,39-40,46H,5-6,17-22,25-28H2,1H3. The number of rotatable bonds is 16. The molecule has 4 aromatic rings. The summed E-state index contributed by atoms with van der Waals surface area (Å²) < 4.78 is 61.8. The van der Waals surface area contributed by atoms with Crippen molar-refractivity contribution >= 4 is 11.8 Å². The van der Waals surface area contributed by atoms with Crippen LogP contribution >= 0.6 is 0 Å². The highest BCUT2D eigenvalue weighted by Gasteiger charge is 2.40. The number of aliphatic hydroxyl groups excluding tert-OH is 1. The van der Waals surface area contributed by atoms with E-state index in [2.05, 4.69) is 11.0 Å². The maximum atomic E-state index is 13.8. The van der Waals surface area contributed by atoms with Crippen molar-refractivity contribution in [3.63, 3.8) is 0 Å². The number of aliphatic hydroxyl groups is 1. The first-order chi connectivity index (χ1) is 25.9. The van der Waals surface area contributed by atoms with Crippen molar-refractivity contribution in [1.82, 2.24) is 4.90 Å². The minimum atomic E-state index is -0.932. The van der Waals surface area contributed by atoms with E-state index in [4.69, 9.17) is 28.4 Å². The second-order valence-corrected chi connectivity index (χ2v) is 13.1. The largest absolute Gasteiger partial charge is 0.493 e. The number of anilines is 1. The van der Waals surface area contributed by atoms with Gasteiger partial charge in [-0.2, -0.15) is 0 Å². The molecule has 1 amide bonds. The number of hydrogen-bond donors (Lipinski definition) is 1. The zero-order valence-electron chi connectivity index (χ0n) is 29.8. The minimum Gasteiger partial charge on any atom is -0.493 e. The number of amides is 1. The average Bonchev–Trinajstić information content (AvgIpc) is 3.18. The molecule has 282 valence electrons. The Labute approximate surface area is 308 Å². The van der Waals surface area contributed by atoms with E-state index in [0.29, 0.717) is 32.0 Å². The first kappa shape index (κ1) is 37.8. The van der Waals surface area contributed by atoms with Crippen LogP contribution in [0.2, 0.25) is 0 Å². The number of β-amino-alcohol motifs (C(OH)–C–C–N with tert-alkyl or cyclic N) is 1. The predicted octanol–water partition coefficient (Wildman–Crippen LogP) is 6.73. The Morgan fingerprint density at radius 1 is 0.868 bits per heavy atom. The van der Waals surface area contributed by atoms with Gasteiger partial charge < -0.3 is 43.3 Å². The Bertz CT molecular complexity index is 1760. The number of halogens is 2. The molecule has 1 fully saturated rings. The van der Waals surface area contributed by atoms with E-state index in [1.54, 1.807) is 7.11 Å². The van der Waals surface area contributed by atoms with Gasteiger partial charge in [0.05, 0.1) is 57.4 Å². The Morgan fingerprint density at radius 2 is 1.68 bits per heavy atom. The van der Waals surface area contributed by atoms with E-state index >= 15 is 0 Å². The van der Waals surface area contributed by atoms with Crippen molar-refractivity contribution in [3.05, 3.63) is 119 Å². The molecule has 2 aliphatic rings. The van der Waals surface area contributed by atoms with E-state index < -0.39 is 35.9 Å². The smallest absolute Gasteiger partial charge is 0.410 e. The summed E-state index contributed by atoms with van der Waals surface area (Å²) in [5.41, 5.74) is 3.64. The fourth-order valence-corrected chi connectivity index (χ4v) is 6.59. The fourth-order valence-electron chi connectivity index (χ4n) is 6.59. The summed E-state index contributed by atoms with van der Waals surface area (Å²) in [6.45, 7) is 4.03. The molecular formula is C41H46F2N2O8. The van der Waals surface area contributed by atoms with Crippen molar-refractivity contribution < 1.29 is 47.1 Å². The number of methoxy groups -OCH3 is 1. The van der Waals surface area contributed by atoms with Crippen molar-refractivity contribution in [1.29, 1.82) is 0 Å². The second-order valence-electron chi connectivity index (χ2n) is 13.1. The third-order valence-corrected chi connectivity index (χ3v) is 9.28. The van der Waals surface area contributed by atoms with Gasteiger partial charge in [-0.25, -0.2) is 13.6 Å². The Morgan fingerprint density at radius 3 is 2.49 bits per heavy atom. The summed E-state index contributed by atoms with van der Waals surface area (Å²) in [5.74, 6) is -0.348. The van der Waals surface area contributed by atoms with Crippen LogP contribution in [0.5, 0.6) is 17.2 Å². The summed E-state index contributed by atoms with van der Waals surface area (Å²) in [4.78, 5) is 17.0. The average molecular weight is 733 g/mol. The van der Waals surface area contributed by atoms with Gasteiger partial charge in [0.15, 0.2) is 11.6 Å². The molecule has 4 aromatic carbocycles. The number of piperidine rings is 1. The summed E-state index contributed by atoms with van der Waals surface area (Å²) >= 11 is 0. The van der Waals surface area contributed by atoms with Crippen LogP contribution < -0.4 is 19.1 Å². The van der Waals surface area contributed by atoms with Crippen LogP contribution in [-0.4, -0.2) is 88.0 Å². The maximum Gasteiger partial charge on any atom is 0.410 e. The number of nitrogens with zero attached hydrogens (tertiary/aromatic N) is 2. The van der Waals surface area contributed by atoms with Crippen molar-refractivity contribution in [2.75, 3.05) is 64.6 Å². The Balaban J connectivity index is 1.11. The molecule has 0 radical (unpaired) electrons. The first-order valence-corrected chi connectivity index (χ1v) is 17.9. The van der Waals surface area contributed by atoms with Gasteiger partial charge in [0.25, 0.3) is 0 Å². The van der Waals surface area contributed by atoms with Crippen LogP contribution in [0.25, 0.3) is 0 Å². The maximum absolute atomic E-state index is 13.8. The van der Waals surface area contributed by atoms with Gasteiger partial charge >= 0.3 is 6.09 Å². The molecule has 3 atom stereocenters. The van der Waals surface area contributed by atoms with Crippen molar-refractivity contribution in [2.24, 2.45) is 0 Å². The third kappa shape index (κ3) is 10.4. The van der Waals surface area contributed by atoms with Gasteiger partial charge in [0, 0.05) is 38.7 Å². The molecule has 0 aliphatic carbocycles. The Hall–Kier alpha value is -4.91. The number of ether oxygens (including phenoxy) is 6. The molecule has 3 unspecified atom stereocenters. The van der Waals surface area contributed by atoms with Gasteiger partial charge in [-0.05, 0) is 59.5 Å². The normalized spacial score (nSPS) is 18.2. The first-order valence-electron chi connectivity index (χ1n) is 17.9. The van der Waals surface area contributed by atoms with Crippen LogP contribution in [0, 0.1) is 11.6 Å². The van der Waals surface area contributed by atoms with E-state index in [9.17, 15) is 18.7 Å². The predicted molar refractivity (Wildman–Crippen MR) is 195 cm³/mol. The number of likely N-dealkylation sites (tertiary alicyclic amines) is 1. The van der Waals surface area contributed by atoms with Crippen LogP contribution in [0.15, 0.2) is 91.0 Å². The van der Waals surface area contributed by atoms with Crippen LogP contribution in [0.3, 0.4) is 0 Å². The summed E-state index contributed by atoms with van der Waals surface area (Å²) in [6, 6.07) is 25.9. The zero-order chi connectivity index (χ0) is 37.0. The van der Waals surface area contributed by atoms with Crippen LogP contribution in [0.1, 0.15) is 35.4 Å². The number of carbonyl (C=O) groups is 1. The summed E-state index contributed by atoms with van der Waals surface area (Å²) in [7, 11) is 1.70. The lowest BCUT2D eigenvalue weighted by Crippen LogP contribution is -2.53. The number of hydrogen-bond acceptors (Lipinski definition) is 9. The molecule has 0 spiro atoms. The topological polar surface area (TPSA) is 99.2 Å². The lowest BCUT2D eigenvalue weighted by molar-refractivity contribution is -0.0692. The monoisotopic (exact) mass is 732 g/mol. The molecule has 0 saturated carbocycles. The van der Waals surface area contributed by atoms with E-state index in [1.807, 2.05) is 66.7 Å². The lowest BCUT2D eigenvalue weighted by atomic mass is 9.84. The summed E-state index contributed by atoms with van der Waals surface area (Å²) in [5, 5.41) is 11.5. The second kappa shape index (κ2) is 18.7. The lowest BCUT2D eigenvalue weighted by Gasteiger charge is -2.41. The molecule has 0 bridgehead atoms. The minimum absolute atomic E-state index is 0.0783. The Kier molecular flexibility index (Phi) is 13.4. The fraction of sp³-hybridized carbons (Fsp3) is 0.390. The molecule has 0 aromatic heterocycles. The van der Waals surface area contributed by atoms with E-state index in [1.165, 1.54) is 4.90 Å². The number of fused-ring (bicyclic) bond motifs is 1. The third-order valence-electron chi connectivity index (χ3n) is 9.28. The highest BCUT2D eigenvalue weighted by Crippen LogP contribution is 2.35. The van der Waals surface area contributed by atoms with Gasteiger partial charge in [-0.3, -0.25) is 0 Å². The highest BCUT2D eigenvalue weighted by molar-refractivity contribution is 5.68. The number of carbonyl (C=O) groups excluding carboxylic acids is 1. The van der Waals surface area contributed by atoms with Crippen molar-refractivity contribution in [3.8, 4) is 17.2 Å². The van der Waals surface area contributed by atoms with Gasteiger partial charge in [0.1, 0.15) is 30.5 Å². The van der Waals surface area contributed by atoms with Crippen molar-refractivity contribution in [2.45, 2.75) is 44.2 Å². The molecule has 1 N–H and O–H groups in total. The highest BCUT2D eigenvalue weighted by atomic mass is 19.1. The molecule has 6 rings (SSSR count). The molecule has 1 saturated heterocycles. The van der Waals surface area contributed by atoms with Crippen LogP contribution in [-0.2, 0) is 27.4 Å². The molecule has 53 heavy (non-hydrogen) atoms. The molecule has 2 aliphatic heterocycles. The SMILES string of the molecule is COCCCN1CCOc2ccc(COC3CN(C(=O)OCc4ccccc4)CC(O)C3c3ccc(OCCCOc4cc(F)ccc4F)cc3)cc21. The summed E-state index contributed by atoms with van der Waals surface area (Å²) in [6.07, 6.45) is -0.667.